The van der Waals surface area contributed by atoms with Crippen LogP contribution in [0.2, 0.25) is 0 Å². The van der Waals surface area contributed by atoms with E-state index in [1.165, 1.54) is 0 Å². The first kappa shape index (κ1) is 6.79. The molecule has 0 spiro atoms. The normalized spacial score (nSPS) is 8.29. The van der Waals surface area contributed by atoms with Crippen LogP contribution in [-0.2, 0) is 4.74 Å². The van der Waals surface area contributed by atoms with Crippen LogP contribution in [0.1, 0.15) is 0 Å². The lowest BCUT2D eigenvalue weighted by molar-refractivity contribution is 0.159. The highest BCUT2D eigenvalue weighted by atomic mass is 35.5. The van der Waals surface area contributed by atoms with Crippen molar-refractivity contribution in [3.05, 3.63) is 11.8 Å². The van der Waals surface area contributed by atoms with Gasteiger partial charge in [0.25, 0.3) is 0 Å². The predicted octanol–water partition coefficient (Wildman–Crippen LogP) is 0.705. The number of rotatable bonds is 3. The molecule has 0 aromatic heterocycles. The topological polar surface area (TPSA) is 29.5 Å². The van der Waals surface area contributed by atoms with Gasteiger partial charge in [0.1, 0.15) is 6.61 Å². The molecule has 1 N–H and O–H groups in total. The van der Waals surface area contributed by atoms with Gasteiger partial charge in [0.05, 0.1) is 6.61 Å². The Morgan fingerprint density at radius 3 is 2.57 bits per heavy atom. The summed E-state index contributed by atoms with van der Waals surface area (Å²) in [6.45, 7) is 3.43. The number of halogens is 1. The van der Waals surface area contributed by atoms with Gasteiger partial charge in [0, 0.05) is 0 Å². The van der Waals surface area contributed by atoms with Gasteiger partial charge in [-0.15, -0.1) is 0 Å². The second-order valence-corrected chi connectivity index (χ2v) is 1.35. The van der Waals surface area contributed by atoms with Gasteiger partial charge >= 0.3 is 0 Å². The fourth-order valence-corrected chi connectivity index (χ4v) is 0.234. The van der Waals surface area contributed by atoms with Crippen LogP contribution in [0.3, 0.4) is 0 Å². The van der Waals surface area contributed by atoms with Gasteiger partial charge in [-0.25, -0.2) is 0 Å². The number of aliphatic hydroxyl groups excluding tert-OH is 1. The first-order valence-electron chi connectivity index (χ1n) is 1.85. The molecular formula is C4H7ClO2. The van der Waals surface area contributed by atoms with Gasteiger partial charge in [0.2, 0.25) is 0 Å². The highest BCUT2D eigenvalue weighted by molar-refractivity contribution is 6.27. The quantitative estimate of drug-likeness (QED) is 0.559. The average Bonchev–Trinajstić information content (AvgIpc) is 1.61. The molecular weight excluding hydrogens is 115 g/mol. The fraction of sp³-hybridized carbons (Fsp3) is 0.500. The molecule has 0 radical (unpaired) electrons. The van der Waals surface area contributed by atoms with E-state index in [4.69, 9.17) is 16.7 Å². The molecule has 0 bridgehead atoms. The van der Waals surface area contributed by atoms with Crippen molar-refractivity contribution in [2.75, 3.05) is 13.2 Å². The minimum atomic E-state index is -0.0221. The second-order valence-electron chi connectivity index (χ2n) is 0.927. The Morgan fingerprint density at radius 2 is 2.43 bits per heavy atom. The molecule has 0 aromatic carbocycles. The lowest BCUT2D eigenvalue weighted by Gasteiger charge is -1.96. The van der Waals surface area contributed by atoms with Gasteiger partial charge in [-0.3, -0.25) is 0 Å². The zero-order valence-corrected chi connectivity index (χ0v) is 4.61. The van der Waals surface area contributed by atoms with E-state index in [0.29, 0.717) is 0 Å². The molecule has 42 valence electrons. The van der Waals surface area contributed by atoms with Gasteiger partial charge in [-0.2, -0.15) is 0 Å². The largest absolute Gasteiger partial charge is 0.481 e. The monoisotopic (exact) mass is 122 g/mol. The lowest BCUT2D eigenvalue weighted by Crippen LogP contribution is -1.93. The summed E-state index contributed by atoms with van der Waals surface area (Å²) < 4.78 is 4.51. The van der Waals surface area contributed by atoms with Crippen LogP contribution in [0, 0.1) is 0 Å². The van der Waals surface area contributed by atoms with Gasteiger partial charge < -0.3 is 9.84 Å². The van der Waals surface area contributed by atoms with Crippen LogP contribution in [0.15, 0.2) is 11.8 Å². The Hall–Kier alpha value is -0.210. The second kappa shape index (κ2) is 3.96. The summed E-state index contributed by atoms with van der Waals surface area (Å²) in [4.78, 5) is 0. The zero-order chi connectivity index (χ0) is 5.70. The highest BCUT2D eigenvalue weighted by Crippen LogP contribution is 1.95. The number of hydrogen-bond acceptors (Lipinski definition) is 2. The summed E-state index contributed by atoms with van der Waals surface area (Å²) in [6, 6.07) is 0. The minimum Gasteiger partial charge on any atom is -0.481 e. The average molecular weight is 123 g/mol. The lowest BCUT2D eigenvalue weighted by atomic mass is 10.8. The molecule has 0 aliphatic rings. The Kier molecular flexibility index (Phi) is 3.84. The standard InChI is InChI=1S/C4H7ClO2/c1-4(5)7-3-2-6/h6H,1-3H2. The molecule has 0 heterocycles. The minimum absolute atomic E-state index is 0.0221. The molecule has 0 saturated heterocycles. The number of aliphatic hydroxyl groups is 1. The summed E-state index contributed by atoms with van der Waals surface area (Å²) in [5.74, 6) is 0. The Balaban J connectivity index is 2.82. The summed E-state index contributed by atoms with van der Waals surface area (Å²) in [6.07, 6.45) is 0. The van der Waals surface area contributed by atoms with Crippen molar-refractivity contribution in [3.63, 3.8) is 0 Å². The van der Waals surface area contributed by atoms with E-state index in [-0.39, 0.29) is 18.4 Å². The number of hydrogen-bond donors (Lipinski definition) is 1. The van der Waals surface area contributed by atoms with E-state index in [0.717, 1.165) is 0 Å². The predicted molar refractivity (Wildman–Crippen MR) is 28.0 cm³/mol. The molecule has 0 unspecified atom stereocenters. The zero-order valence-electron chi connectivity index (χ0n) is 3.85. The third-order valence-corrected chi connectivity index (χ3v) is 0.459. The summed E-state index contributed by atoms with van der Waals surface area (Å²) in [5.41, 5.74) is 0. The molecule has 0 aliphatic carbocycles. The molecule has 0 amide bonds. The molecule has 0 rings (SSSR count). The van der Waals surface area contributed by atoms with Crippen molar-refractivity contribution in [3.8, 4) is 0 Å². The molecule has 2 nitrogen and oxygen atoms in total. The third-order valence-electron chi connectivity index (χ3n) is 0.350. The van der Waals surface area contributed by atoms with Crippen LogP contribution in [0.4, 0.5) is 0 Å². The van der Waals surface area contributed by atoms with Crippen LogP contribution in [0.5, 0.6) is 0 Å². The van der Waals surface area contributed by atoms with Crippen LogP contribution in [0.25, 0.3) is 0 Å². The molecule has 0 aliphatic heterocycles. The van der Waals surface area contributed by atoms with Crippen molar-refractivity contribution in [1.82, 2.24) is 0 Å². The van der Waals surface area contributed by atoms with Gasteiger partial charge in [-0.05, 0) is 18.2 Å². The molecule has 0 fully saturated rings. The SMILES string of the molecule is C=C(Cl)OCCO. The van der Waals surface area contributed by atoms with E-state index in [1.807, 2.05) is 0 Å². The third kappa shape index (κ3) is 5.79. The van der Waals surface area contributed by atoms with Gasteiger partial charge in [-0.1, -0.05) is 0 Å². The summed E-state index contributed by atoms with van der Waals surface area (Å²) in [5, 5.41) is 8.21. The van der Waals surface area contributed by atoms with Crippen LogP contribution >= 0.6 is 11.6 Å². The van der Waals surface area contributed by atoms with Crippen molar-refractivity contribution in [1.29, 1.82) is 0 Å². The van der Waals surface area contributed by atoms with E-state index in [1.54, 1.807) is 0 Å². The molecule has 7 heavy (non-hydrogen) atoms. The maximum absolute atomic E-state index is 8.09. The van der Waals surface area contributed by atoms with Crippen molar-refractivity contribution in [2.24, 2.45) is 0 Å². The first-order valence-corrected chi connectivity index (χ1v) is 2.23. The number of ether oxygens (including phenoxy) is 1. The fourth-order valence-electron chi connectivity index (χ4n) is 0.156. The molecule has 0 saturated carbocycles. The first-order chi connectivity index (χ1) is 3.27. The van der Waals surface area contributed by atoms with Crippen LogP contribution < -0.4 is 0 Å². The van der Waals surface area contributed by atoms with Crippen LogP contribution in [-0.4, -0.2) is 18.3 Å². The summed E-state index contributed by atoms with van der Waals surface area (Å²) >= 11 is 5.13. The van der Waals surface area contributed by atoms with Crippen molar-refractivity contribution in [2.45, 2.75) is 0 Å². The molecule has 0 aromatic rings. The summed E-state index contributed by atoms with van der Waals surface area (Å²) in [7, 11) is 0. The van der Waals surface area contributed by atoms with E-state index in [9.17, 15) is 0 Å². The smallest absolute Gasteiger partial charge is 0.179 e. The Labute approximate surface area is 47.4 Å². The maximum atomic E-state index is 8.09. The highest BCUT2D eigenvalue weighted by Gasteiger charge is 1.82. The van der Waals surface area contributed by atoms with Crippen molar-refractivity contribution >= 4 is 11.6 Å². The Bertz CT molecular complexity index is 62.7. The van der Waals surface area contributed by atoms with E-state index in [2.05, 4.69) is 11.3 Å². The maximum Gasteiger partial charge on any atom is 0.179 e. The Morgan fingerprint density at radius 1 is 1.86 bits per heavy atom. The van der Waals surface area contributed by atoms with Crippen molar-refractivity contribution < 1.29 is 9.84 Å². The van der Waals surface area contributed by atoms with E-state index >= 15 is 0 Å². The van der Waals surface area contributed by atoms with E-state index < -0.39 is 0 Å². The van der Waals surface area contributed by atoms with Gasteiger partial charge in [0.15, 0.2) is 5.22 Å². The molecule has 0 atom stereocenters. The molecule has 3 heteroatoms.